The molecule has 0 bridgehead atoms. The molecule has 1 heterocycles. The van der Waals surface area contributed by atoms with Crippen molar-refractivity contribution in [2.75, 3.05) is 32.2 Å². The number of hydrogen-bond acceptors (Lipinski definition) is 8. The smallest absolute Gasteiger partial charge is 0.341 e. The molecule has 31 heavy (non-hydrogen) atoms. The number of aryl methyl sites for hydroxylation is 1. The summed E-state index contributed by atoms with van der Waals surface area (Å²) in [6.07, 6.45) is 2.63. The molecule has 3 rings (SSSR count). The molecule has 0 atom stereocenters. The summed E-state index contributed by atoms with van der Waals surface area (Å²) in [5.74, 6) is -0.431. The van der Waals surface area contributed by atoms with E-state index in [2.05, 4.69) is 5.32 Å². The van der Waals surface area contributed by atoms with Gasteiger partial charge in [-0.15, -0.1) is 11.3 Å². The molecule has 9 heteroatoms. The van der Waals surface area contributed by atoms with Gasteiger partial charge in [-0.3, -0.25) is 9.59 Å². The zero-order valence-electron chi connectivity index (χ0n) is 17.5. The van der Waals surface area contributed by atoms with E-state index in [0.717, 1.165) is 29.7 Å². The van der Waals surface area contributed by atoms with Gasteiger partial charge in [0.1, 0.15) is 5.00 Å². The van der Waals surface area contributed by atoms with Crippen LogP contribution >= 0.6 is 11.3 Å². The quantitative estimate of drug-likeness (QED) is 0.557. The lowest BCUT2D eigenvalue weighted by molar-refractivity contribution is -0.147. The molecule has 1 amide bonds. The average Bonchev–Trinajstić information content (AvgIpc) is 3.33. The highest BCUT2D eigenvalue weighted by Gasteiger charge is 2.28. The molecule has 0 saturated heterocycles. The van der Waals surface area contributed by atoms with Gasteiger partial charge in [-0.05, 0) is 43.9 Å². The van der Waals surface area contributed by atoms with Gasteiger partial charge in [0.05, 0.1) is 32.3 Å². The van der Waals surface area contributed by atoms with E-state index in [1.807, 2.05) is 6.07 Å². The first-order valence-corrected chi connectivity index (χ1v) is 10.9. The highest BCUT2D eigenvalue weighted by atomic mass is 32.1. The summed E-state index contributed by atoms with van der Waals surface area (Å²) in [5, 5.41) is 3.13. The van der Waals surface area contributed by atoms with Gasteiger partial charge >= 0.3 is 11.9 Å². The number of thiophene rings is 1. The molecule has 0 spiro atoms. The zero-order valence-corrected chi connectivity index (χ0v) is 18.3. The predicted molar refractivity (Wildman–Crippen MR) is 115 cm³/mol. The molecule has 0 aliphatic heterocycles. The van der Waals surface area contributed by atoms with E-state index < -0.39 is 24.5 Å². The second-order valence-electron chi connectivity index (χ2n) is 6.74. The molecule has 166 valence electrons. The second kappa shape index (κ2) is 10.8. The Balaban J connectivity index is 1.48. The van der Waals surface area contributed by atoms with Crippen molar-refractivity contribution < 1.29 is 33.3 Å². The van der Waals surface area contributed by atoms with Crippen molar-refractivity contribution in [3.63, 3.8) is 0 Å². The van der Waals surface area contributed by atoms with Crippen LogP contribution in [0.25, 0.3) is 0 Å². The minimum absolute atomic E-state index is 0.0211. The Bertz CT molecular complexity index is 953. The maximum Gasteiger partial charge on any atom is 0.341 e. The number of ether oxygens (including phenoxy) is 4. The standard InChI is InChI=1S/C22H25NO7S/c1-3-28-22(26)20-14-7-6-10-17(14)31-21(20)23-18(24)13-30-19(25)11-12-29-16-9-5-4-8-15(16)27-2/h4-5,8-9H,3,6-7,10-13H2,1-2H3,(H,23,24). The molecule has 0 radical (unpaired) electrons. The minimum Gasteiger partial charge on any atom is -0.493 e. The number of fused-ring (bicyclic) bond motifs is 1. The van der Waals surface area contributed by atoms with E-state index in [1.54, 1.807) is 25.1 Å². The van der Waals surface area contributed by atoms with Gasteiger partial charge in [-0.2, -0.15) is 0 Å². The van der Waals surface area contributed by atoms with Gasteiger partial charge in [0.25, 0.3) is 5.91 Å². The molecular weight excluding hydrogens is 422 g/mol. The van der Waals surface area contributed by atoms with E-state index in [1.165, 1.54) is 18.4 Å². The number of amides is 1. The number of carbonyl (C=O) groups excluding carboxylic acids is 3. The molecule has 1 aliphatic carbocycles. The van der Waals surface area contributed by atoms with E-state index in [0.29, 0.717) is 22.1 Å². The Morgan fingerprint density at radius 2 is 1.87 bits per heavy atom. The lowest BCUT2D eigenvalue weighted by atomic mass is 10.1. The van der Waals surface area contributed by atoms with E-state index in [-0.39, 0.29) is 19.6 Å². The zero-order chi connectivity index (χ0) is 22.2. The Kier molecular flexibility index (Phi) is 7.88. The van der Waals surface area contributed by atoms with E-state index >= 15 is 0 Å². The summed E-state index contributed by atoms with van der Waals surface area (Å²) in [5.41, 5.74) is 1.37. The van der Waals surface area contributed by atoms with Crippen LogP contribution in [0.5, 0.6) is 11.5 Å². The number of nitrogens with one attached hydrogen (secondary N) is 1. The Hall–Kier alpha value is -3.07. The van der Waals surface area contributed by atoms with Crippen LogP contribution in [-0.2, 0) is 31.9 Å². The van der Waals surface area contributed by atoms with Gasteiger partial charge in [0.2, 0.25) is 0 Å². The summed E-state index contributed by atoms with van der Waals surface area (Å²) in [6, 6.07) is 7.10. The third-order valence-electron chi connectivity index (χ3n) is 4.65. The van der Waals surface area contributed by atoms with Crippen molar-refractivity contribution in [1.29, 1.82) is 0 Å². The molecule has 1 aromatic heterocycles. The maximum absolute atomic E-state index is 12.3. The fraction of sp³-hybridized carbons (Fsp3) is 0.409. The van der Waals surface area contributed by atoms with Crippen LogP contribution in [0.15, 0.2) is 24.3 Å². The lowest BCUT2D eigenvalue weighted by Crippen LogP contribution is -2.22. The molecular formula is C22H25NO7S. The van der Waals surface area contributed by atoms with Crippen LogP contribution in [0.4, 0.5) is 5.00 Å². The number of esters is 2. The Labute approximate surface area is 184 Å². The van der Waals surface area contributed by atoms with Crippen LogP contribution in [0.2, 0.25) is 0 Å². The maximum atomic E-state index is 12.3. The van der Waals surface area contributed by atoms with Gasteiger partial charge in [0, 0.05) is 4.88 Å². The lowest BCUT2D eigenvalue weighted by Gasteiger charge is -2.10. The van der Waals surface area contributed by atoms with E-state index in [4.69, 9.17) is 18.9 Å². The second-order valence-corrected chi connectivity index (χ2v) is 7.85. The predicted octanol–water partition coefficient (Wildman–Crippen LogP) is 3.37. The largest absolute Gasteiger partial charge is 0.493 e. The first kappa shape index (κ1) is 22.6. The van der Waals surface area contributed by atoms with E-state index in [9.17, 15) is 14.4 Å². The van der Waals surface area contributed by atoms with Crippen LogP contribution in [0.3, 0.4) is 0 Å². The summed E-state index contributed by atoms with van der Waals surface area (Å²) in [4.78, 5) is 37.6. The molecule has 8 nitrogen and oxygen atoms in total. The molecule has 0 unspecified atom stereocenters. The van der Waals surface area contributed by atoms with Crippen molar-refractivity contribution >= 4 is 34.2 Å². The first-order chi connectivity index (χ1) is 15.0. The monoisotopic (exact) mass is 447 g/mol. The highest BCUT2D eigenvalue weighted by molar-refractivity contribution is 7.17. The molecule has 1 aliphatic rings. The first-order valence-electron chi connectivity index (χ1n) is 10.1. The van der Waals surface area contributed by atoms with Crippen molar-refractivity contribution in [2.24, 2.45) is 0 Å². The van der Waals surface area contributed by atoms with Gasteiger partial charge in [-0.25, -0.2) is 4.79 Å². The van der Waals surface area contributed by atoms with Gasteiger partial charge < -0.3 is 24.3 Å². The number of para-hydroxylation sites is 2. The van der Waals surface area contributed by atoms with Crippen LogP contribution in [0, 0.1) is 0 Å². The van der Waals surface area contributed by atoms with Crippen LogP contribution in [-0.4, -0.2) is 44.8 Å². The van der Waals surface area contributed by atoms with Crippen LogP contribution < -0.4 is 14.8 Å². The third kappa shape index (κ3) is 5.75. The van der Waals surface area contributed by atoms with Crippen molar-refractivity contribution in [1.82, 2.24) is 0 Å². The molecule has 2 aromatic rings. The third-order valence-corrected chi connectivity index (χ3v) is 5.86. The van der Waals surface area contributed by atoms with Crippen molar-refractivity contribution in [2.45, 2.75) is 32.6 Å². The number of anilines is 1. The summed E-state index contributed by atoms with van der Waals surface area (Å²) in [6.45, 7) is 1.63. The number of benzene rings is 1. The fourth-order valence-corrected chi connectivity index (χ4v) is 4.57. The molecule has 0 fully saturated rings. The van der Waals surface area contributed by atoms with Gasteiger partial charge in [0.15, 0.2) is 18.1 Å². The Morgan fingerprint density at radius 1 is 1.10 bits per heavy atom. The Morgan fingerprint density at radius 3 is 2.61 bits per heavy atom. The molecule has 0 saturated carbocycles. The summed E-state index contributed by atoms with van der Waals surface area (Å²) >= 11 is 1.38. The number of methoxy groups -OCH3 is 1. The minimum atomic E-state index is -0.565. The summed E-state index contributed by atoms with van der Waals surface area (Å²) in [7, 11) is 1.53. The normalized spacial score (nSPS) is 12.1. The number of rotatable bonds is 10. The highest BCUT2D eigenvalue weighted by Crippen LogP contribution is 2.39. The summed E-state index contributed by atoms with van der Waals surface area (Å²) < 4.78 is 20.9. The van der Waals surface area contributed by atoms with Crippen molar-refractivity contribution in [3.05, 3.63) is 40.3 Å². The SMILES string of the molecule is CCOC(=O)c1c(NC(=O)COC(=O)CCOc2ccccc2OC)sc2c1CCC2. The topological polar surface area (TPSA) is 100 Å². The average molecular weight is 448 g/mol. The number of hydrogen-bond donors (Lipinski definition) is 1. The van der Waals surface area contributed by atoms with Crippen LogP contribution in [0.1, 0.15) is 40.6 Å². The number of carbonyl (C=O) groups is 3. The molecule has 1 N–H and O–H groups in total. The van der Waals surface area contributed by atoms with Crippen molar-refractivity contribution in [3.8, 4) is 11.5 Å². The fourth-order valence-electron chi connectivity index (χ4n) is 3.27. The molecule has 1 aromatic carbocycles. The van der Waals surface area contributed by atoms with Gasteiger partial charge in [-0.1, -0.05) is 12.1 Å².